The van der Waals surface area contributed by atoms with Gasteiger partial charge in [0.25, 0.3) is 0 Å². The molecule has 44 heavy (non-hydrogen) atoms. The van der Waals surface area contributed by atoms with Gasteiger partial charge < -0.3 is 26.0 Å². The number of morpholine rings is 1. The fraction of sp³-hybridized carbons (Fsp3) is 0.394. The highest BCUT2D eigenvalue weighted by Crippen LogP contribution is 2.33. The van der Waals surface area contributed by atoms with Crippen LogP contribution in [0, 0.1) is 17.5 Å². The molecule has 7 nitrogen and oxygen atoms in total. The van der Waals surface area contributed by atoms with Crippen molar-refractivity contribution in [2.45, 2.75) is 56.3 Å². The molecule has 2 fully saturated rings. The molecule has 11 heteroatoms. The van der Waals surface area contributed by atoms with Crippen molar-refractivity contribution in [2.24, 2.45) is 5.73 Å². The molecule has 0 aromatic heterocycles. The number of anilines is 1. The van der Waals surface area contributed by atoms with Gasteiger partial charge in [-0.1, -0.05) is 29.8 Å². The van der Waals surface area contributed by atoms with E-state index in [9.17, 15) is 18.4 Å². The van der Waals surface area contributed by atoms with E-state index >= 15 is 4.39 Å². The molecule has 2 aliphatic heterocycles. The summed E-state index contributed by atoms with van der Waals surface area (Å²) in [4.78, 5) is 27.1. The number of amides is 2. The fourth-order valence-corrected chi connectivity index (χ4v) is 6.34. The third-order valence-electron chi connectivity index (χ3n) is 8.58. The minimum absolute atomic E-state index is 0.0524. The highest BCUT2D eigenvalue weighted by atomic mass is 35.5. The average Bonchev–Trinajstić information content (AvgIpc) is 2.98. The quantitative estimate of drug-likeness (QED) is 0.320. The van der Waals surface area contributed by atoms with Gasteiger partial charge in [-0.05, 0) is 73.2 Å². The van der Waals surface area contributed by atoms with Crippen molar-refractivity contribution >= 4 is 29.1 Å². The first-order valence-corrected chi connectivity index (χ1v) is 15.1. The molecule has 3 aromatic rings. The van der Waals surface area contributed by atoms with Crippen LogP contribution >= 0.6 is 11.6 Å². The number of carbonyl (C=O) groups excluding carboxylic acids is 2. The summed E-state index contributed by atoms with van der Waals surface area (Å²) in [6, 6.07) is 12.7. The minimum atomic E-state index is -1.28. The zero-order chi connectivity index (χ0) is 31.4. The maximum absolute atomic E-state index is 15.2. The molecule has 2 saturated heterocycles. The van der Waals surface area contributed by atoms with Crippen LogP contribution in [0.25, 0.3) is 0 Å². The molecule has 3 atom stereocenters. The number of hydrogen-bond donors (Lipinski definition) is 3. The zero-order valence-electron chi connectivity index (χ0n) is 24.4. The Labute approximate surface area is 259 Å². The smallest absolute Gasteiger partial charge is 0.242 e. The van der Waals surface area contributed by atoms with Gasteiger partial charge in [0, 0.05) is 61.4 Å². The van der Waals surface area contributed by atoms with Crippen LogP contribution in [0.4, 0.5) is 18.9 Å². The molecule has 4 N–H and O–H groups in total. The number of ether oxygens (including phenoxy) is 1. The Balaban J connectivity index is 1.31. The second-order valence-corrected chi connectivity index (χ2v) is 12.0. The van der Waals surface area contributed by atoms with Crippen molar-refractivity contribution in [3.63, 3.8) is 0 Å². The first kappa shape index (κ1) is 32.0. The number of halogens is 4. The first-order valence-electron chi connectivity index (χ1n) is 14.7. The van der Waals surface area contributed by atoms with Gasteiger partial charge in [-0.2, -0.15) is 0 Å². The second-order valence-electron chi connectivity index (χ2n) is 11.6. The van der Waals surface area contributed by atoms with E-state index in [1.165, 1.54) is 12.1 Å². The van der Waals surface area contributed by atoms with Crippen LogP contribution in [0.3, 0.4) is 0 Å². The number of rotatable bonds is 8. The molecule has 0 aliphatic carbocycles. The van der Waals surface area contributed by atoms with Gasteiger partial charge in [-0.3, -0.25) is 9.59 Å². The number of nitrogens with zero attached hydrogens (tertiary/aromatic N) is 1. The second kappa shape index (κ2) is 13.7. The van der Waals surface area contributed by atoms with E-state index in [-0.39, 0.29) is 35.3 Å². The summed E-state index contributed by atoms with van der Waals surface area (Å²) in [5.74, 6) is -3.59. The summed E-state index contributed by atoms with van der Waals surface area (Å²) in [5.41, 5.74) is 7.37. The van der Waals surface area contributed by atoms with E-state index in [1.807, 2.05) is 4.90 Å². The Morgan fingerprint density at radius 3 is 2.41 bits per heavy atom. The van der Waals surface area contributed by atoms with Crippen molar-refractivity contribution in [1.82, 2.24) is 10.2 Å². The lowest BCUT2D eigenvalue weighted by Crippen LogP contribution is -2.58. The first-order chi connectivity index (χ1) is 21.0. The standard InChI is InChI=1S/C33H36ClF3N4O3/c1-20(42)41-13-11-33(12-14-41)19-39-18-26(44-33)9-10-27-28(37)3-2-4-29(27)40-32(43)31(38)30(21-5-7-23(34)8-6-21)22-15-24(35)17-25(36)16-22/h2-8,15-17,26,30-31,39H,9-14,18-19,38H2,1H3,(H,40,43)/t26?,30-,31-/m0/s1. The summed E-state index contributed by atoms with van der Waals surface area (Å²) >= 11 is 6.05. The highest BCUT2D eigenvalue weighted by molar-refractivity contribution is 6.30. The van der Waals surface area contributed by atoms with E-state index < -0.39 is 35.3 Å². The lowest BCUT2D eigenvalue weighted by molar-refractivity contribution is -0.153. The normalized spacial score (nSPS) is 19.4. The van der Waals surface area contributed by atoms with Crippen LogP contribution in [0.5, 0.6) is 0 Å². The Bertz CT molecular complexity index is 1480. The number of likely N-dealkylation sites (tertiary alicyclic amines) is 1. The SMILES string of the molecule is CC(=O)N1CCC2(CC1)CNCC(CCc1c(F)cccc1NC(=O)[C@@H](N)[C@@H](c1ccc(Cl)cc1)c1cc(F)cc(F)c1)O2. The van der Waals surface area contributed by atoms with E-state index in [2.05, 4.69) is 10.6 Å². The van der Waals surface area contributed by atoms with E-state index in [4.69, 9.17) is 22.1 Å². The molecule has 5 rings (SSSR count). The molecule has 1 spiro atoms. The predicted octanol–water partition coefficient (Wildman–Crippen LogP) is 5.16. The van der Waals surface area contributed by atoms with Gasteiger partial charge >= 0.3 is 0 Å². The van der Waals surface area contributed by atoms with Gasteiger partial charge in [-0.15, -0.1) is 0 Å². The zero-order valence-corrected chi connectivity index (χ0v) is 25.2. The summed E-state index contributed by atoms with van der Waals surface area (Å²) in [7, 11) is 0. The van der Waals surface area contributed by atoms with Gasteiger partial charge in [0.15, 0.2) is 0 Å². The molecule has 2 heterocycles. The average molecular weight is 629 g/mol. The summed E-state index contributed by atoms with van der Waals surface area (Å²) in [6.45, 7) is 4.13. The Morgan fingerprint density at radius 2 is 1.75 bits per heavy atom. The lowest BCUT2D eigenvalue weighted by atomic mass is 9.84. The topological polar surface area (TPSA) is 96.7 Å². The Hall–Kier alpha value is -3.44. The van der Waals surface area contributed by atoms with Gasteiger partial charge in [0.1, 0.15) is 17.5 Å². The molecular weight excluding hydrogens is 593 g/mol. The molecule has 0 bridgehead atoms. The van der Waals surface area contributed by atoms with Crippen molar-refractivity contribution in [3.05, 3.63) is 99.8 Å². The third kappa shape index (κ3) is 7.43. The van der Waals surface area contributed by atoms with E-state index in [0.29, 0.717) is 48.7 Å². The maximum Gasteiger partial charge on any atom is 0.242 e. The molecule has 0 saturated carbocycles. The van der Waals surface area contributed by atoms with E-state index in [1.54, 1.807) is 37.3 Å². The predicted molar refractivity (Wildman–Crippen MR) is 163 cm³/mol. The highest BCUT2D eigenvalue weighted by Gasteiger charge is 2.40. The third-order valence-corrected chi connectivity index (χ3v) is 8.84. The van der Waals surface area contributed by atoms with Gasteiger partial charge in [-0.25, -0.2) is 13.2 Å². The number of hydrogen-bond acceptors (Lipinski definition) is 5. The summed E-state index contributed by atoms with van der Waals surface area (Å²) < 4.78 is 50.1. The number of carbonyl (C=O) groups is 2. The lowest BCUT2D eigenvalue weighted by Gasteiger charge is -2.46. The maximum atomic E-state index is 15.2. The summed E-state index contributed by atoms with van der Waals surface area (Å²) in [5, 5.41) is 6.65. The molecular formula is C33H36ClF3N4O3. The van der Waals surface area contributed by atoms with Crippen molar-refractivity contribution < 1.29 is 27.5 Å². The largest absolute Gasteiger partial charge is 0.369 e. The van der Waals surface area contributed by atoms with Crippen LogP contribution in [-0.4, -0.2) is 60.6 Å². The number of piperidine rings is 1. The van der Waals surface area contributed by atoms with Crippen LogP contribution in [0.2, 0.25) is 5.02 Å². The minimum Gasteiger partial charge on any atom is -0.369 e. The molecule has 3 aromatic carbocycles. The molecule has 2 aliphatic rings. The molecule has 234 valence electrons. The van der Waals surface area contributed by atoms with Crippen molar-refractivity contribution in [2.75, 3.05) is 31.5 Å². The molecule has 1 unspecified atom stereocenters. The van der Waals surface area contributed by atoms with Gasteiger partial charge in [0.05, 0.1) is 17.7 Å². The monoisotopic (exact) mass is 628 g/mol. The summed E-state index contributed by atoms with van der Waals surface area (Å²) in [6.07, 6.45) is 2.04. The number of nitrogens with two attached hydrogens (primary N) is 1. The van der Waals surface area contributed by atoms with Crippen LogP contribution in [0.15, 0.2) is 60.7 Å². The Kier molecular flexibility index (Phi) is 9.94. The fourth-order valence-electron chi connectivity index (χ4n) is 6.22. The number of benzene rings is 3. The number of nitrogens with one attached hydrogen (secondary N) is 2. The molecule has 2 amide bonds. The van der Waals surface area contributed by atoms with Gasteiger partial charge in [0.2, 0.25) is 11.8 Å². The van der Waals surface area contributed by atoms with E-state index in [0.717, 1.165) is 31.0 Å². The van der Waals surface area contributed by atoms with Crippen molar-refractivity contribution in [3.8, 4) is 0 Å². The van der Waals surface area contributed by atoms with Crippen LogP contribution in [0.1, 0.15) is 48.8 Å². The van der Waals surface area contributed by atoms with Crippen LogP contribution in [-0.2, 0) is 20.7 Å². The van der Waals surface area contributed by atoms with Crippen LogP contribution < -0.4 is 16.4 Å². The Morgan fingerprint density at radius 1 is 1.07 bits per heavy atom. The molecule has 0 radical (unpaired) electrons. The van der Waals surface area contributed by atoms with Crippen molar-refractivity contribution in [1.29, 1.82) is 0 Å².